The normalized spacial score (nSPS) is 13.4. The number of furan rings is 1. The Morgan fingerprint density at radius 1 is 1.07 bits per heavy atom. The molecule has 1 N–H and O–H groups in total. The zero-order valence-electron chi connectivity index (χ0n) is 14.4. The third kappa shape index (κ3) is 3.71. The first-order chi connectivity index (χ1) is 13.1. The molecule has 0 aliphatic carbocycles. The van der Waals surface area contributed by atoms with Crippen molar-refractivity contribution in [1.29, 1.82) is 0 Å². The summed E-state index contributed by atoms with van der Waals surface area (Å²) in [5.41, 5.74) is 3.15. The van der Waals surface area contributed by atoms with Crippen LogP contribution in [0.4, 0.5) is 5.69 Å². The lowest BCUT2D eigenvalue weighted by Crippen LogP contribution is -2.19. The van der Waals surface area contributed by atoms with Crippen LogP contribution in [-0.2, 0) is 11.2 Å². The number of fused-ring (bicyclic) bond motifs is 1. The van der Waals surface area contributed by atoms with E-state index in [-0.39, 0.29) is 11.7 Å². The molecule has 1 aromatic heterocycles. The minimum Gasteiger partial charge on any atom is -0.457 e. The average Bonchev–Trinajstić information content (AvgIpc) is 3.15. The zero-order valence-corrected chi connectivity index (χ0v) is 15.1. The van der Waals surface area contributed by atoms with Crippen LogP contribution in [0.5, 0.6) is 0 Å². The van der Waals surface area contributed by atoms with E-state index in [0.29, 0.717) is 34.9 Å². The van der Waals surface area contributed by atoms with Gasteiger partial charge in [-0.05, 0) is 66.6 Å². The van der Waals surface area contributed by atoms with Gasteiger partial charge in [-0.3, -0.25) is 9.59 Å². The maximum Gasteiger partial charge on any atom is 0.224 e. The van der Waals surface area contributed by atoms with Crippen LogP contribution in [-0.4, -0.2) is 11.7 Å². The number of carbonyl (C=O) groups is 2. The van der Waals surface area contributed by atoms with Crippen molar-refractivity contribution in [2.24, 2.45) is 0 Å². The van der Waals surface area contributed by atoms with E-state index in [1.165, 1.54) is 6.08 Å². The summed E-state index contributed by atoms with van der Waals surface area (Å²) in [6, 6.07) is 16.4. The van der Waals surface area contributed by atoms with Crippen molar-refractivity contribution in [3.05, 3.63) is 82.6 Å². The lowest BCUT2D eigenvalue weighted by Gasteiger charge is -2.16. The molecule has 0 spiro atoms. The standard InChI is InChI=1S/C22H16ClNO3/c23-18-4-2-1-3-17(18)21-11-8-16(27-21)7-10-20(25)15-5-9-19-14(13-15)6-12-22(26)24-19/h1-5,7-11,13H,6,12H2,(H,24,26)/b10-7+. The lowest BCUT2D eigenvalue weighted by atomic mass is 9.98. The molecule has 4 rings (SSSR count). The van der Waals surface area contributed by atoms with E-state index in [4.69, 9.17) is 16.0 Å². The van der Waals surface area contributed by atoms with Crippen molar-refractivity contribution in [3.8, 4) is 11.3 Å². The van der Waals surface area contributed by atoms with Crippen molar-refractivity contribution >= 4 is 35.1 Å². The molecule has 1 amide bonds. The second-order valence-corrected chi connectivity index (χ2v) is 6.71. The predicted octanol–water partition coefficient (Wildman–Crippen LogP) is 5.38. The Bertz CT molecular complexity index is 1060. The Balaban J connectivity index is 1.51. The van der Waals surface area contributed by atoms with Crippen molar-refractivity contribution < 1.29 is 14.0 Å². The van der Waals surface area contributed by atoms with Gasteiger partial charge in [0.1, 0.15) is 11.5 Å². The van der Waals surface area contributed by atoms with E-state index >= 15 is 0 Å². The Morgan fingerprint density at radius 3 is 2.78 bits per heavy atom. The smallest absolute Gasteiger partial charge is 0.224 e. The van der Waals surface area contributed by atoms with Crippen LogP contribution in [0.15, 0.2) is 65.1 Å². The van der Waals surface area contributed by atoms with Gasteiger partial charge in [0.15, 0.2) is 5.78 Å². The Kier molecular flexibility index (Phi) is 4.65. The summed E-state index contributed by atoms with van der Waals surface area (Å²) in [5.74, 6) is 1.11. The summed E-state index contributed by atoms with van der Waals surface area (Å²) in [4.78, 5) is 23.9. The molecule has 2 heterocycles. The molecule has 1 aliphatic rings. The maximum absolute atomic E-state index is 12.5. The number of ketones is 1. The van der Waals surface area contributed by atoms with Gasteiger partial charge < -0.3 is 9.73 Å². The van der Waals surface area contributed by atoms with Crippen LogP contribution < -0.4 is 5.32 Å². The number of rotatable bonds is 4. The van der Waals surface area contributed by atoms with Crippen molar-refractivity contribution in [2.75, 3.05) is 5.32 Å². The van der Waals surface area contributed by atoms with Gasteiger partial charge in [-0.15, -0.1) is 0 Å². The highest BCUT2D eigenvalue weighted by Gasteiger charge is 2.16. The van der Waals surface area contributed by atoms with Crippen molar-refractivity contribution in [1.82, 2.24) is 0 Å². The average molecular weight is 378 g/mol. The molecule has 0 radical (unpaired) electrons. The number of allylic oxidation sites excluding steroid dienone is 1. The van der Waals surface area contributed by atoms with Crippen LogP contribution in [0.25, 0.3) is 17.4 Å². The zero-order chi connectivity index (χ0) is 18.8. The number of benzene rings is 2. The fourth-order valence-corrected chi connectivity index (χ4v) is 3.27. The molecule has 0 saturated heterocycles. The van der Waals surface area contributed by atoms with Gasteiger partial charge in [-0.2, -0.15) is 0 Å². The quantitative estimate of drug-likeness (QED) is 0.490. The monoisotopic (exact) mass is 377 g/mol. The van der Waals surface area contributed by atoms with Gasteiger partial charge in [0.2, 0.25) is 5.91 Å². The van der Waals surface area contributed by atoms with Crippen LogP contribution >= 0.6 is 11.6 Å². The minimum atomic E-state index is -0.120. The summed E-state index contributed by atoms with van der Waals surface area (Å²) in [5, 5.41) is 3.42. The first kappa shape index (κ1) is 17.3. The third-order valence-electron chi connectivity index (χ3n) is 4.45. The van der Waals surface area contributed by atoms with Crippen molar-refractivity contribution in [3.63, 3.8) is 0 Å². The number of aryl methyl sites for hydroxylation is 1. The minimum absolute atomic E-state index is 0.00798. The van der Waals surface area contributed by atoms with Crippen LogP contribution in [0, 0.1) is 0 Å². The Hall–Kier alpha value is -3.11. The second kappa shape index (κ2) is 7.25. The SMILES string of the molecule is O=C1CCc2cc(C(=O)/C=C/c3ccc(-c4ccccc4Cl)o3)ccc2N1. The molecule has 2 aromatic carbocycles. The molecule has 0 saturated carbocycles. The summed E-state index contributed by atoms with van der Waals surface area (Å²) in [6.45, 7) is 0. The predicted molar refractivity (Wildman–Crippen MR) is 106 cm³/mol. The number of hydrogen-bond donors (Lipinski definition) is 1. The molecule has 0 fully saturated rings. The molecule has 5 heteroatoms. The first-order valence-corrected chi connectivity index (χ1v) is 8.98. The number of nitrogens with one attached hydrogen (secondary N) is 1. The highest BCUT2D eigenvalue weighted by Crippen LogP contribution is 2.29. The number of halogens is 1. The summed E-state index contributed by atoms with van der Waals surface area (Å²) in [6.07, 6.45) is 4.21. The topological polar surface area (TPSA) is 59.3 Å². The third-order valence-corrected chi connectivity index (χ3v) is 4.78. The molecule has 3 aromatic rings. The van der Waals surface area contributed by atoms with Gasteiger partial charge >= 0.3 is 0 Å². The summed E-state index contributed by atoms with van der Waals surface area (Å²) >= 11 is 6.18. The van der Waals surface area contributed by atoms with Crippen LogP contribution in [0.2, 0.25) is 5.02 Å². The molecule has 0 atom stereocenters. The summed E-state index contributed by atoms with van der Waals surface area (Å²) in [7, 11) is 0. The molecule has 4 nitrogen and oxygen atoms in total. The Labute approximate surface area is 161 Å². The van der Waals surface area contributed by atoms with Gasteiger partial charge in [0.05, 0.1) is 5.02 Å². The van der Waals surface area contributed by atoms with Crippen LogP contribution in [0.1, 0.15) is 28.1 Å². The molecular weight excluding hydrogens is 362 g/mol. The fraction of sp³-hybridized carbons (Fsp3) is 0.0909. The van der Waals surface area contributed by atoms with Gasteiger partial charge in [0, 0.05) is 23.2 Å². The van der Waals surface area contributed by atoms with E-state index in [1.807, 2.05) is 30.3 Å². The van der Waals surface area contributed by atoms with Crippen LogP contribution in [0.3, 0.4) is 0 Å². The molecule has 0 unspecified atom stereocenters. The largest absolute Gasteiger partial charge is 0.457 e. The molecule has 134 valence electrons. The number of amides is 1. The number of anilines is 1. The number of hydrogen-bond acceptors (Lipinski definition) is 3. The molecule has 1 aliphatic heterocycles. The second-order valence-electron chi connectivity index (χ2n) is 6.30. The van der Waals surface area contributed by atoms with E-state index in [2.05, 4.69) is 5.32 Å². The van der Waals surface area contributed by atoms with Gasteiger partial charge in [-0.1, -0.05) is 23.7 Å². The molecular formula is C22H16ClNO3. The van der Waals surface area contributed by atoms with E-state index in [9.17, 15) is 9.59 Å². The lowest BCUT2D eigenvalue weighted by molar-refractivity contribution is -0.116. The maximum atomic E-state index is 12.5. The van der Waals surface area contributed by atoms with E-state index in [1.54, 1.807) is 30.3 Å². The molecule has 27 heavy (non-hydrogen) atoms. The highest BCUT2D eigenvalue weighted by atomic mass is 35.5. The van der Waals surface area contributed by atoms with E-state index in [0.717, 1.165) is 16.8 Å². The van der Waals surface area contributed by atoms with E-state index < -0.39 is 0 Å². The van der Waals surface area contributed by atoms with Gasteiger partial charge in [-0.25, -0.2) is 0 Å². The first-order valence-electron chi connectivity index (χ1n) is 8.60. The number of carbonyl (C=O) groups excluding carboxylic acids is 2. The Morgan fingerprint density at radius 2 is 1.93 bits per heavy atom. The summed E-state index contributed by atoms with van der Waals surface area (Å²) < 4.78 is 5.77. The van der Waals surface area contributed by atoms with Crippen molar-refractivity contribution in [2.45, 2.75) is 12.8 Å². The molecule has 0 bridgehead atoms. The highest BCUT2D eigenvalue weighted by molar-refractivity contribution is 6.33. The fourth-order valence-electron chi connectivity index (χ4n) is 3.04. The van der Waals surface area contributed by atoms with Gasteiger partial charge in [0.25, 0.3) is 0 Å².